The van der Waals surface area contributed by atoms with E-state index in [-0.39, 0.29) is 7.92 Å². The van der Waals surface area contributed by atoms with Crippen molar-refractivity contribution in [1.82, 2.24) is 0 Å². The maximum Gasteiger partial charge on any atom is 0.0764 e. The molecule has 5 aliphatic rings. The summed E-state index contributed by atoms with van der Waals surface area (Å²) in [6, 6.07) is 9.62. The summed E-state index contributed by atoms with van der Waals surface area (Å²) >= 11 is 0. The van der Waals surface area contributed by atoms with Crippen molar-refractivity contribution in [3.8, 4) is 0 Å². The molecule has 0 amide bonds. The van der Waals surface area contributed by atoms with Crippen LogP contribution in [-0.2, 0) is 0 Å². The van der Waals surface area contributed by atoms with Gasteiger partial charge >= 0.3 is 0 Å². The summed E-state index contributed by atoms with van der Waals surface area (Å²) in [5, 5.41) is 2.91. The number of anilines is 1. The average molecular weight is 400 g/mol. The van der Waals surface area contributed by atoms with Gasteiger partial charge < -0.3 is 4.90 Å². The van der Waals surface area contributed by atoms with Crippen LogP contribution in [0.25, 0.3) is 0 Å². The van der Waals surface area contributed by atoms with Crippen LogP contribution in [0.1, 0.15) is 59.3 Å². The lowest BCUT2D eigenvalue weighted by atomic mass is 9.52. The Balaban J connectivity index is 1.68. The Labute approximate surface area is 169 Å². The second-order valence-electron chi connectivity index (χ2n) is 12.3. The highest BCUT2D eigenvalue weighted by Gasteiger charge is 2.60. The molecule has 148 valence electrons. The maximum atomic E-state index is 3.12. The molecule has 1 aromatic carbocycles. The number of nitrogens with zero attached hydrogens (tertiary/aromatic N) is 1. The smallest absolute Gasteiger partial charge is 0.0764 e. The van der Waals surface area contributed by atoms with E-state index in [2.05, 4.69) is 69.6 Å². The number of hydrogen-bond donors (Lipinski definition) is 0. The van der Waals surface area contributed by atoms with Crippen LogP contribution in [0, 0.1) is 17.8 Å². The molecule has 1 heterocycles. The van der Waals surface area contributed by atoms with Crippen LogP contribution >= 0.6 is 7.92 Å². The summed E-state index contributed by atoms with van der Waals surface area (Å²) in [7, 11) is -1.51. The number of rotatable bonds is 2. The monoisotopic (exact) mass is 399 g/mol. The van der Waals surface area contributed by atoms with Gasteiger partial charge in [-0.1, -0.05) is 58.6 Å². The minimum absolute atomic E-state index is 0.157. The molecule has 1 aromatic rings. The summed E-state index contributed by atoms with van der Waals surface area (Å²) in [6.07, 6.45) is 9.09. The van der Waals surface area contributed by atoms with E-state index in [9.17, 15) is 0 Å². The van der Waals surface area contributed by atoms with E-state index in [1.165, 1.54) is 19.3 Å². The van der Waals surface area contributed by atoms with Crippen molar-refractivity contribution >= 4 is 27.0 Å². The van der Waals surface area contributed by atoms with Gasteiger partial charge in [0.2, 0.25) is 0 Å². The van der Waals surface area contributed by atoms with E-state index in [1.54, 1.807) is 30.3 Å². The van der Waals surface area contributed by atoms with Gasteiger partial charge in [0, 0.05) is 21.9 Å². The van der Waals surface area contributed by atoms with Gasteiger partial charge in [-0.15, -0.1) is 0 Å². The molecule has 0 radical (unpaired) electrons. The van der Waals surface area contributed by atoms with Crippen molar-refractivity contribution < 1.29 is 0 Å². The van der Waals surface area contributed by atoms with Crippen molar-refractivity contribution in [2.24, 2.45) is 17.8 Å². The Kier molecular flexibility index (Phi) is 4.05. The van der Waals surface area contributed by atoms with Crippen molar-refractivity contribution in [3.63, 3.8) is 0 Å². The van der Waals surface area contributed by atoms with Crippen molar-refractivity contribution in [3.05, 3.63) is 24.3 Å². The fourth-order valence-electron chi connectivity index (χ4n) is 7.63. The minimum atomic E-state index is -1.36. The molecule has 0 aromatic heterocycles. The van der Waals surface area contributed by atoms with Crippen molar-refractivity contribution in [1.29, 1.82) is 0 Å². The summed E-state index contributed by atoms with van der Waals surface area (Å²) in [5.41, 5.74) is 2.13. The molecule has 6 rings (SSSR count). The molecule has 0 saturated heterocycles. The summed E-state index contributed by atoms with van der Waals surface area (Å²) in [5.74, 6) is 3.06. The van der Waals surface area contributed by atoms with Crippen LogP contribution < -0.4 is 10.2 Å². The first kappa shape index (κ1) is 18.7. The molecule has 27 heavy (non-hydrogen) atoms. The van der Waals surface area contributed by atoms with E-state index < -0.39 is 8.07 Å². The zero-order chi connectivity index (χ0) is 19.2. The highest BCUT2D eigenvalue weighted by molar-refractivity contribution is 7.71. The number of benzene rings is 1. The Morgan fingerprint density at radius 2 is 1.44 bits per heavy atom. The van der Waals surface area contributed by atoms with E-state index in [4.69, 9.17) is 0 Å². The molecule has 4 aliphatic carbocycles. The van der Waals surface area contributed by atoms with Crippen LogP contribution in [0.15, 0.2) is 24.3 Å². The van der Waals surface area contributed by atoms with Gasteiger partial charge in [0.05, 0.1) is 8.07 Å². The maximum absolute atomic E-state index is 3.12. The standard InChI is InChI=1S/C24H38NPSi/c1-23(2,3)26-21-10-8-7-9-20(21)25(22(26)27(4,5)6)24-14-17-11-18(15-24)13-19(12-17)16-24/h7-10,17-19,22H,11-16H2,1-6H3/t17?,18?,19?,22-,24?,26?/m1/s1. The Morgan fingerprint density at radius 1 is 0.926 bits per heavy atom. The largest absolute Gasteiger partial charge is 0.361 e. The SMILES string of the molecule is CC(C)(C)P1c2ccccc2N(C23CC4CC(CC(C4)C2)C3)[C@H]1[Si](C)(C)C. The first-order chi connectivity index (χ1) is 12.6. The number of fused-ring (bicyclic) bond motifs is 1. The fraction of sp³-hybridized carbons (Fsp3) is 0.750. The Bertz CT molecular complexity index is 708. The highest BCUT2D eigenvalue weighted by Crippen LogP contribution is 2.67. The molecular weight excluding hydrogens is 361 g/mol. The van der Waals surface area contributed by atoms with E-state index in [0.717, 1.165) is 23.2 Å². The molecule has 4 saturated carbocycles. The lowest BCUT2D eigenvalue weighted by Crippen LogP contribution is -2.65. The first-order valence-electron chi connectivity index (χ1n) is 11.3. The zero-order valence-corrected chi connectivity index (χ0v) is 20.2. The van der Waals surface area contributed by atoms with Gasteiger partial charge in [-0.25, -0.2) is 0 Å². The van der Waals surface area contributed by atoms with Crippen LogP contribution in [0.5, 0.6) is 0 Å². The summed E-state index contributed by atoms with van der Waals surface area (Å²) in [6.45, 7) is 15.5. The van der Waals surface area contributed by atoms with Gasteiger partial charge in [0.25, 0.3) is 0 Å². The van der Waals surface area contributed by atoms with E-state index in [0.29, 0.717) is 10.7 Å². The van der Waals surface area contributed by atoms with Crippen LogP contribution in [0.3, 0.4) is 0 Å². The third-order valence-corrected chi connectivity index (χ3v) is 15.9. The molecule has 3 heteroatoms. The second kappa shape index (κ2) is 5.85. The first-order valence-corrected chi connectivity index (χ1v) is 16.2. The quantitative estimate of drug-likeness (QED) is 0.401. The third kappa shape index (κ3) is 2.80. The molecule has 4 fully saturated rings. The van der Waals surface area contributed by atoms with Gasteiger partial charge in [-0.2, -0.15) is 0 Å². The molecule has 4 bridgehead atoms. The predicted octanol–water partition coefficient (Wildman–Crippen LogP) is 6.58. The van der Waals surface area contributed by atoms with Gasteiger partial charge in [0.15, 0.2) is 0 Å². The van der Waals surface area contributed by atoms with Gasteiger partial charge in [-0.05, 0) is 75.4 Å². The molecule has 1 unspecified atom stereocenters. The molecule has 0 spiro atoms. The highest BCUT2D eigenvalue weighted by atomic mass is 31.1. The Hall–Kier alpha value is -0.333. The topological polar surface area (TPSA) is 3.24 Å². The second-order valence-corrected chi connectivity index (χ2v) is 21.1. The zero-order valence-electron chi connectivity index (χ0n) is 18.3. The van der Waals surface area contributed by atoms with E-state index >= 15 is 0 Å². The van der Waals surface area contributed by atoms with E-state index in [1.807, 2.05) is 0 Å². The molecular formula is C24H38NPSi. The third-order valence-electron chi connectivity index (χ3n) is 7.90. The minimum Gasteiger partial charge on any atom is -0.361 e. The average Bonchev–Trinajstić information content (AvgIpc) is 2.89. The van der Waals surface area contributed by atoms with Crippen LogP contribution in [0.2, 0.25) is 19.6 Å². The van der Waals surface area contributed by atoms with Gasteiger partial charge in [0.1, 0.15) is 0 Å². The molecule has 1 nitrogen and oxygen atoms in total. The van der Waals surface area contributed by atoms with Crippen LogP contribution in [-0.4, -0.2) is 24.2 Å². The molecule has 2 atom stereocenters. The Morgan fingerprint density at radius 3 is 1.93 bits per heavy atom. The van der Waals surface area contributed by atoms with Crippen LogP contribution in [0.4, 0.5) is 5.69 Å². The lowest BCUT2D eigenvalue weighted by molar-refractivity contribution is -0.00359. The molecule has 0 N–H and O–H groups in total. The summed E-state index contributed by atoms with van der Waals surface area (Å²) in [4.78, 5) is 3.12. The fourth-order valence-corrected chi connectivity index (χ4v) is 16.5. The van der Waals surface area contributed by atoms with Gasteiger partial charge in [-0.3, -0.25) is 0 Å². The van der Waals surface area contributed by atoms with Crippen molar-refractivity contribution in [2.45, 2.75) is 95.0 Å². The van der Waals surface area contributed by atoms with Crippen molar-refractivity contribution in [2.75, 3.05) is 4.90 Å². The summed E-state index contributed by atoms with van der Waals surface area (Å²) < 4.78 is 0. The molecule has 1 aliphatic heterocycles. The predicted molar refractivity (Wildman–Crippen MR) is 123 cm³/mol. The number of para-hydroxylation sites is 1. The lowest BCUT2D eigenvalue weighted by Gasteiger charge is -2.63. The number of hydrogen-bond acceptors (Lipinski definition) is 1. The normalized spacial score (nSPS) is 40.5.